The minimum absolute atomic E-state index is 0.0442. The summed E-state index contributed by atoms with van der Waals surface area (Å²) in [5, 5.41) is 35.4. The smallest absolute Gasteiger partial charge is 0.167 e. The summed E-state index contributed by atoms with van der Waals surface area (Å²) < 4.78 is 1.63. The van der Waals surface area contributed by atoms with Crippen LogP contribution in [0.4, 0.5) is 5.82 Å². The minimum atomic E-state index is -1.35. The molecule has 2 aromatic heterocycles. The maximum atomic E-state index is 9.33. The fraction of sp³-hybridized carbons (Fsp3) is 0.421. The predicted octanol–water partition coefficient (Wildman–Crippen LogP) is 0.951. The highest BCUT2D eigenvalue weighted by atomic mass is 16.5. The Labute approximate surface area is 156 Å². The summed E-state index contributed by atoms with van der Waals surface area (Å²) >= 11 is 0. The van der Waals surface area contributed by atoms with Gasteiger partial charge < -0.3 is 21.3 Å². The van der Waals surface area contributed by atoms with Gasteiger partial charge in [-0.2, -0.15) is 14.9 Å². The van der Waals surface area contributed by atoms with Crippen molar-refractivity contribution in [3.8, 4) is 6.07 Å². The molecular weight excluding hydrogens is 344 g/mol. The molecule has 2 aliphatic rings. The van der Waals surface area contributed by atoms with Gasteiger partial charge in [-0.3, -0.25) is 0 Å². The summed E-state index contributed by atoms with van der Waals surface area (Å²) in [6.45, 7) is 0.610. The molecule has 27 heavy (non-hydrogen) atoms. The van der Waals surface area contributed by atoms with Crippen LogP contribution in [0.1, 0.15) is 42.4 Å². The van der Waals surface area contributed by atoms with Crippen molar-refractivity contribution in [3.63, 3.8) is 0 Å². The number of aliphatic hydroxyl groups excluding tert-OH is 1. The summed E-state index contributed by atoms with van der Waals surface area (Å²) in [6, 6.07) is 3.75. The Morgan fingerprint density at radius 1 is 1.37 bits per heavy atom. The van der Waals surface area contributed by atoms with Crippen molar-refractivity contribution in [2.45, 2.75) is 43.4 Å². The molecule has 0 bridgehead atoms. The molecule has 0 amide bonds. The van der Waals surface area contributed by atoms with E-state index >= 15 is 0 Å². The van der Waals surface area contributed by atoms with Gasteiger partial charge in [0.25, 0.3) is 0 Å². The number of nitrogen functional groups attached to an aromatic ring is 1. The Morgan fingerprint density at radius 3 is 2.93 bits per heavy atom. The third kappa shape index (κ3) is 3.32. The molecule has 140 valence electrons. The topological polar surface area (TPSA) is 132 Å². The van der Waals surface area contributed by atoms with Crippen LogP contribution < -0.4 is 11.1 Å². The molecule has 8 heteroatoms. The molecule has 3 atom stereocenters. The number of aliphatic hydroxyl groups is 2. The zero-order chi connectivity index (χ0) is 19.0. The lowest BCUT2D eigenvalue weighted by molar-refractivity contribution is -0.0732. The number of piperidine rings is 1. The number of rotatable bonds is 3. The van der Waals surface area contributed by atoms with E-state index in [1.807, 2.05) is 18.2 Å². The fourth-order valence-electron chi connectivity index (χ4n) is 3.85. The fourth-order valence-corrected chi connectivity index (χ4v) is 3.85. The van der Waals surface area contributed by atoms with E-state index in [0.717, 1.165) is 23.3 Å². The Morgan fingerprint density at radius 2 is 2.22 bits per heavy atom. The van der Waals surface area contributed by atoms with E-state index in [4.69, 9.17) is 10.7 Å². The molecule has 8 nitrogen and oxygen atoms in total. The summed E-state index contributed by atoms with van der Waals surface area (Å²) in [7, 11) is 0. The van der Waals surface area contributed by atoms with E-state index in [2.05, 4.69) is 22.6 Å². The maximum Gasteiger partial charge on any atom is 0.167 e. The second-order valence-electron chi connectivity index (χ2n) is 7.14. The van der Waals surface area contributed by atoms with Gasteiger partial charge in [0.1, 0.15) is 5.82 Å². The summed E-state index contributed by atoms with van der Waals surface area (Å²) in [5.41, 5.74) is 9.48. The number of nitrogens with one attached hydrogen (secondary N) is 1. The zero-order valence-electron chi connectivity index (χ0n) is 14.8. The number of allylic oxidation sites excluding steroid dienone is 4. The molecule has 1 aliphatic heterocycles. The van der Waals surface area contributed by atoms with Crippen molar-refractivity contribution < 1.29 is 10.2 Å². The number of nitrogens with zero attached hydrogens (tertiary/aromatic N) is 4. The number of anilines is 1. The Balaban J connectivity index is 1.64. The molecule has 0 spiro atoms. The van der Waals surface area contributed by atoms with Gasteiger partial charge in [0, 0.05) is 35.6 Å². The lowest BCUT2D eigenvalue weighted by atomic mass is 9.89. The normalized spacial score (nSPS) is 25.6. The monoisotopic (exact) mass is 366 g/mol. The van der Waals surface area contributed by atoms with Gasteiger partial charge in [0.15, 0.2) is 11.9 Å². The first-order valence-corrected chi connectivity index (χ1v) is 9.08. The van der Waals surface area contributed by atoms with Crippen LogP contribution in [0.25, 0.3) is 5.65 Å². The average molecular weight is 366 g/mol. The van der Waals surface area contributed by atoms with Crippen molar-refractivity contribution in [1.29, 1.82) is 5.26 Å². The number of nitrogens with two attached hydrogens (primary N) is 1. The lowest BCUT2D eigenvalue weighted by Crippen LogP contribution is -2.45. The quantitative estimate of drug-likeness (QED) is 0.595. The van der Waals surface area contributed by atoms with Gasteiger partial charge in [0.2, 0.25) is 0 Å². The molecule has 1 aliphatic carbocycles. The predicted molar refractivity (Wildman–Crippen MR) is 99.6 cm³/mol. The van der Waals surface area contributed by atoms with Crippen molar-refractivity contribution >= 4 is 11.5 Å². The summed E-state index contributed by atoms with van der Waals surface area (Å²) in [6.07, 6.45) is 8.28. The second kappa shape index (κ2) is 7.12. The van der Waals surface area contributed by atoms with Gasteiger partial charge in [-0.15, -0.1) is 0 Å². The minimum Gasteiger partial charge on any atom is -0.384 e. The largest absolute Gasteiger partial charge is 0.384 e. The number of hydrogen-bond donors (Lipinski definition) is 4. The zero-order valence-corrected chi connectivity index (χ0v) is 14.8. The van der Waals surface area contributed by atoms with E-state index in [1.54, 1.807) is 10.7 Å². The molecule has 3 unspecified atom stereocenters. The molecule has 5 N–H and O–H groups in total. The average Bonchev–Trinajstić information content (AvgIpc) is 3.12. The Kier molecular flexibility index (Phi) is 4.66. The van der Waals surface area contributed by atoms with Crippen LogP contribution in [-0.4, -0.2) is 43.7 Å². The number of aromatic nitrogens is 3. The third-order valence-corrected chi connectivity index (χ3v) is 5.40. The molecule has 3 heterocycles. The van der Waals surface area contributed by atoms with E-state index in [1.165, 1.54) is 0 Å². The van der Waals surface area contributed by atoms with Crippen LogP contribution in [0.2, 0.25) is 0 Å². The first kappa shape index (κ1) is 17.7. The highest BCUT2D eigenvalue weighted by Gasteiger charge is 2.27. The first-order chi connectivity index (χ1) is 13.1. The maximum absolute atomic E-state index is 9.33. The molecule has 0 saturated carbocycles. The van der Waals surface area contributed by atoms with Crippen molar-refractivity contribution in [2.24, 2.45) is 0 Å². The second-order valence-corrected chi connectivity index (χ2v) is 7.14. The van der Waals surface area contributed by atoms with Crippen LogP contribution in [0.15, 0.2) is 36.1 Å². The van der Waals surface area contributed by atoms with Gasteiger partial charge in [-0.25, -0.2) is 4.98 Å². The Bertz CT molecular complexity index is 947. The van der Waals surface area contributed by atoms with Gasteiger partial charge in [-0.1, -0.05) is 12.2 Å². The van der Waals surface area contributed by atoms with Crippen LogP contribution in [0.5, 0.6) is 0 Å². The standard InChI is InChI=1S/C19H22N6O2/c20-8-11-2-1-3-12(6-11)14-10-23-25-17(21)7-16(24-18(14)25)13-4-5-15(19(26)27)22-9-13/h1-3,7,10,12-13,15,19,22,26-27H,4-6,9,21H2. The molecule has 2 aromatic rings. The third-order valence-electron chi connectivity index (χ3n) is 5.40. The van der Waals surface area contributed by atoms with E-state index in [0.29, 0.717) is 30.9 Å². The van der Waals surface area contributed by atoms with Gasteiger partial charge in [-0.05, 0) is 25.3 Å². The van der Waals surface area contributed by atoms with Crippen LogP contribution in [0, 0.1) is 11.3 Å². The highest BCUT2D eigenvalue weighted by Crippen LogP contribution is 2.33. The summed E-state index contributed by atoms with van der Waals surface area (Å²) in [5.74, 6) is 0.704. The van der Waals surface area contributed by atoms with Crippen molar-refractivity contribution in [3.05, 3.63) is 47.3 Å². The number of hydrogen-bond acceptors (Lipinski definition) is 7. The number of nitriles is 1. The molecule has 1 fully saturated rings. The van der Waals surface area contributed by atoms with Crippen LogP contribution in [0.3, 0.4) is 0 Å². The molecule has 0 aromatic carbocycles. The van der Waals surface area contributed by atoms with Gasteiger partial charge in [0.05, 0.1) is 24.0 Å². The van der Waals surface area contributed by atoms with Crippen molar-refractivity contribution in [2.75, 3.05) is 12.3 Å². The SMILES string of the molecule is N#CC1=CC=CC(c2cnn3c(N)cc(C4CCC(C(O)O)NC4)nc23)C1. The van der Waals surface area contributed by atoms with E-state index in [9.17, 15) is 15.5 Å². The molecular formula is C19H22N6O2. The van der Waals surface area contributed by atoms with E-state index < -0.39 is 6.29 Å². The van der Waals surface area contributed by atoms with Crippen LogP contribution >= 0.6 is 0 Å². The van der Waals surface area contributed by atoms with Crippen molar-refractivity contribution in [1.82, 2.24) is 19.9 Å². The molecule has 4 rings (SSSR count). The first-order valence-electron chi connectivity index (χ1n) is 9.08. The molecule has 0 radical (unpaired) electrons. The molecule has 1 saturated heterocycles. The lowest BCUT2D eigenvalue weighted by Gasteiger charge is -2.30. The summed E-state index contributed by atoms with van der Waals surface area (Å²) in [4.78, 5) is 4.83. The Hall–Kier alpha value is -2.73. The highest BCUT2D eigenvalue weighted by molar-refractivity contribution is 5.56. The van der Waals surface area contributed by atoms with Gasteiger partial charge >= 0.3 is 0 Å². The van der Waals surface area contributed by atoms with Crippen LogP contribution in [-0.2, 0) is 0 Å². The van der Waals surface area contributed by atoms with E-state index in [-0.39, 0.29) is 17.9 Å². The number of fused-ring (bicyclic) bond motifs is 1.